The van der Waals surface area contributed by atoms with Gasteiger partial charge in [0.1, 0.15) is 0 Å². The predicted octanol–water partition coefficient (Wildman–Crippen LogP) is 3.00. The van der Waals surface area contributed by atoms with Crippen LogP contribution in [0.4, 0.5) is 0 Å². The summed E-state index contributed by atoms with van der Waals surface area (Å²) in [5.41, 5.74) is 1.79. The molecule has 0 atom stereocenters. The molecule has 0 amide bonds. The maximum Gasteiger partial charge on any atom is 0.0456 e. The van der Waals surface area contributed by atoms with Crippen molar-refractivity contribution in [2.75, 3.05) is 14.1 Å². The van der Waals surface area contributed by atoms with Crippen molar-refractivity contribution in [1.82, 2.24) is 4.90 Å². The third kappa shape index (κ3) is 1.53. The molecule has 2 rings (SSSR count). The Labute approximate surface area is 87.9 Å². The van der Waals surface area contributed by atoms with Crippen molar-refractivity contribution in [1.29, 1.82) is 0 Å². The fourth-order valence-electron chi connectivity index (χ4n) is 1.87. The summed E-state index contributed by atoms with van der Waals surface area (Å²) in [6.45, 7) is 0. The molecule has 0 heterocycles. The molecule has 70 valence electrons. The largest absolute Gasteiger partial charge is 0.300 e. The number of hydrogen-bond acceptors (Lipinski definition) is 1. The second-order valence-corrected chi connectivity index (χ2v) is 4.85. The molecular formula is C11H14BrN. The van der Waals surface area contributed by atoms with Gasteiger partial charge in [0.25, 0.3) is 0 Å². The van der Waals surface area contributed by atoms with Crippen LogP contribution in [-0.2, 0) is 5.54 Å². The third-order valence-corrected chi connectivity index (χ3v) is 3.49. The monoisotopic (exact) mass is 239 g/mol. The van der Waals surface area contributed by atoms with E-state index in [0.29, 0.717) is 5.54 Å². The van der Waals surface area contributed by atoms with E-state index in [-0.39, 0.29) is 0 Å². The van der Waals surface area contributed by atoms with Crippen LogP contribution in [-0.4, -0.2) is 19.0 Å². The molecule has 1 aliphatic carbocycles. The van der Waals surface area contributed by atoms with Crippen molar-refractivity contribution in [2.45, 2.75) is 18.4 Å². The van der Waals surface area contributed by atoms with E-state index in [1.165, 1.54) is 18.4 Å². The summed E-state index contributed by atoms with van der Waals surface area (Å²) in [5.74, 6) is 0. The highest BCUT2D eigenvalue weighted by Crippen LogP contribution is 2.49. The molecule has 1 aromatic carbocycles. The smallest absolute Gasteiger partial charge is 0.0456 e. The van der Waals surface area contributed by atoms with Gasteiger partial charge in [-0.15, -0.1) is 0 Å². The van der Waals surface area contributed by atoms with E-state index in [1.54, 1.807) is 0 Å². The number of rotatable bonds is 2. The lowest BCUT2D eigenvalue weighted by Gasteiger charge is -2.24. The van der Waals surface area contributed by atoms with Gasteiger partial charge in [0.05, 0.1) is 0 Å². The first-order valence-electron chi connectivity index (χ1n) is 4.59. The topological polar surface area (TPSA) is 3.24 Å². The molecule has 13 heavy (non-hydrogen) atoms. The Morgan fingerprint density at radius 1 is 1.15 bits per heavy atom. The highest BCUT2D eigenvalue weighted by Gasteiger charge is 2.46. The Morgan fingerprint density at radius 2 is 1.69 bits per heavy atom. The molecule has 0 spiro atoms. The van der Waals surface area contributed by atoms with Gasteiger partial charge in [-0.25, -0.2) is 0 Å². The first-order chi connectivity index (χ1) is 6.15. The maximum absolute atomic E-state index is 3.46. The summed E-state index contributed by atoms with van der Waals surface area (Å²) in [6, 6.07) is 8.69. The van der Waals surface area contributed by atoms with E-state index in [9.17, 15) is 0 Å². The van der Waals surface area contributed by atoms with Gasteiger partial charge in [-0.2, -0.15) is 0 Å². The summed E-state index contributed by atoms with van der Waals surface area (Å²) >= 11 is 3.46. The quantitative estimate of drug-likeness (QED) is 0.768. The van der Waals surface area contributed by atoms with Gasteiger partial charge in [-0.1, -0.05) is 28.1 Å². The minimum atomic E-state index is 0.348. The van der Waals surface area contributed by atoms with E-state index in [4.69, 9.17) is 0 Å². The van der Waals surface area contributed by atoms with E-state index >= 15 is 0 Å². The molecule has 1 fully saturated rings. The van der Waals surface area contributed by atoms with Gasteiger partial charge in [0.15, 0.2) is 0 Å². The molecule has 0 aliphatic heterocycles. The summed E-state index contributed by atoms with van der Waals surface area (Å²) in [4.78, 5) is 2.33. The van der Waals surface area contributed by atoms with Gasteiger partial charge in [-0.3, -0.25) is 4.90 Å². The highest BCUT2D eigenvalue weighted by molar-refractivity contribution is 9.10. The lowest BCUT2D eigenvalue weighted by molar-refractivity contribution is 0.275. The average Bonchev–Trinajstić information content (AvgIpc) is 2.86. The zero-order chi connectivity index (χ0) is 9.47. The van der Waals surface area contributed by atoms with E-state index < -0.39 is 0 Å². The molecular weight excluding hydrogens is 226 g/mol. The van der Waals surface area contributed by atoms with Gasteiger partial charge in [0.2, 0.25) is 0 Å². The Kier molecular flexibility index (Phi) is 2.20. The molecule has 1 aliphatic rings. The van der Waals surface area contributed by atoms with Crippen LogP contribution in [0.3, 0.4) is 0 Å². The zero-order valence-electron chi connectivity index (χ0n) is 8.05. The van der Waals surface area contributed by atoms with Crippen molar-refractivity contribution < 1.29 is 0 Å². The second kappa shape index (κ2) is 3.10. The van der Waals surface area contributed by atoms with Crippen LogP contribution in [0.25, 0.3) is 0 Å². The number of hydrogen-bond donors (Lipinski definition) is 0. The molecule has 1 aromatic rings. The lowest BCUT2D eigenvalue weighted by Crippen LogP contribution is -2.27. The van der Waals surface area contributed by atoms with Gasteiger partial charge < -0.3 is 0 Å². The van der Waals surface area contributed by atoms with Crippen molar-refractivity contribution in [3.05, 3.63) is 34.3 Å². The van der Waals surface area contributed by atoms with Crippen LogP contribution in [0, 0.1) is 0 Å². The molecule has 1 saturated carbocycles. The van der Waals surface area contributed by atoms with Crippen molar-refractivity contribution >= 4 is 15.9 Å². The molecule has 0 N–H and O–H groups in total. The number of benzene rings is 1. The van der Waals surface area contributed by atoms with Gasteiger partial charge >= 0.3 is 0 Å². The Bertz CT molecular complexity index is 298. The summed E-state index contributed by atoms with van der Waals surface area (Å²) in [6.07, 6.45) is 2.59. The van der Waals surface area contributed by atoms with Gasteiger partial charge in [-0.05, 0) is 44.6 Å². The fraction of sp³-hybridized carbons (Fsp3) is 0.455. The van der Waals surface area contributed by atoms with Crippen molar-refractivity contribution in [3.63, 3.8) is 0 Å². The molecule has 0 aromatic heterocycles. The predicted molar refractivity (Wildman–Crippen MR) is 58.7 cm³/mol. The molecule has 1 nitrogen and oxygen atoms in total. The molecule has 0 saturated heterocycles. The molecule has 0 bridgehead atoms. The Balaban J connectivity index is 2.31. The molecule has 2 heteroatoms. The number of nitrogens with zero attached hydrogens (tertiary/aromatic N) is 1. The highest BCUT2D eigenvalue weighted by atomic mass is 79.9. The summed E-state index contributed by atoms with van der Waals surface area (Å²) < 4.78 is 1.16. The average molecular weight is 240 g/mol. The molecule has 0 radical (unpaired) electrons. The van der Waals surface area contributed by atoms with E-state index in [1.807, 2.05) is 0 Å². The SMILES string of the molecule is CN(C)C1(c2ccc(Br)cc2)CC1. The minimum absolute atomic E-state index is 0.348. The minimum Gasteiger partial charge on any atom is -0.300 e. The van der Waals surface area contributed by atoms with Gasteiger partial charge in [0, 0.05) is 10.0 Å². The number of halogens is 1. The van der Waals surface area contributed by atoms with Crippen molar-refractivity contribution in [2.24, 2.45) is 0 Å². The first-order valence-corrected chi connectivity index (χ1v) is 5.38. The standard InChI is InChI=1S/C11H14BrN/c1-13(2)11(7-8-11)9-3-5-10(12)6-4-9/h3-6H,7-8H2,1-2H3. The van der Waals surface area contributed by atoms with E-state index in [0.717, 1.165) is 4.47 Å². The molecule has 0 unspecified atom stereocenters. The summed E-state index contributed by atoms with van der Waals surface area (Å²) in [5, 5.41) is 0. The zero-order valence-corrected chi connectivity index (χ0v) is 9.63. The second-order valence-electron chi connectivity index (χ2n) is 3.93. The normalized spacial score (nSPS) is 19.1. The van der Waals surface area contributed by atoms with Crippen LogP contribution in [0.15, 0.2) is 28.7 Å². The lowest BCUT2D eigenvalue weighted by atomic mass is 10.0. The summed E-state index contributed by atoms with van der Waals surface area (Å²) in [7, 11) is 4.32. The van der Waals surface area contributed by atoms with Crippen LogP contribution >= 0.6 is 15.9 Å². The van der Waals surface area contributed by atoms with Crippen LogP contribution in [0.5, 0.6) is 0 Å². The van der Waals surface area contributed by atoms with Crippen LogP contribution in [0.2, 0.25) is 0 Å². The van der Waals surface area contributed by atoms with Crippen LogP contribution < -0.4 is 0 Å². The third-order valence-electron chi connectivity index (χ3n) is 2.96. The first kappa shape index (κ1) is 9.22. The fourth-order valence-corrected chi connectivity index (χ4v) is 2.14. The van der Waals surface area contributed by atoms with E-state index in [2.05, 4.69) is 59.2 Å². The Hall–Kier alpha value is -0.340. The Morgan fingerprint density at radius 3 is 2.08 bits per heavy atom. The maximum atomic E-state index is 3.46. The van der Waals surface area contributed by atoms with Crippen LogP contribution in [0.1, 0.15) is 18.4 Å². The van der Waals surface area contributed by atoms with Crippen molar-refractivity contribution in [3.8, 4) is 0 Å².